The van der Waals surface area contributed by atoms with Gasteiger partial charge in [0.25, 0.3) is 0 Å². The Morgan fingerprint density at radius 3 is 2.07 bits per heavy atom. The van der Waals surface area contributed by atoms with Gasteiger partial charge in [-0.05, 0) is 94.5 Å². The Morgan fingerprint density at radius 1 is 0.951 bits per heavy atom. The summed E-state index contributed by atoms with van der Waals surface area (Å²) < 4.78 is 41.0. The van der Waals surface area contributed by atoms with E-state index < -0.39 is 64.9 Å². The molecule has 0 radical (unpaired) electrons. The van der Waals surface area contributed by atoms with Gasteiger partial charge in [0.15, 0.2) is 18.2 Å². The first-order chi connectivity index (χ1) is 28.4. The lowest BCUT2D eigenvalue weighted by Gasteiger charge is -2.45. The Bertz CT molecular complexity index is 1920. The molecule has 2 aromatic rings. The quantitative estimate of drug-likeness (QED) is 0.147. The lowest BCUT2D eigenvalue weighted by Crippen LogP contribution is -2.63. The molecule has 14 heteroatoms. The van der Waals surface area contributed by atoms with Crippen molar-refractivity contribution < 1.29 is 36.8 Å². The molecule has 12 nitrogen and oxygen atoms in total. The molecule has 7 atom stereocenters. The van der Waals surface area contributed by atoms with Crippen molar-refractivity contribution in [3.8, 4) is 0 Å². The second-order valence-electron chi connectivity index (χ2n) is 19.8. The molecule has 340 valence electrons. The van der Waals surface area contributed by atoms with Gasteiger partial charge < -0.3 is 29.6 Å². The van der Waals surface area contributed by atoms with Crippen LogP contribution in [0.3, 0.4) is 0 Å². The maximum absolute atomic E-state index is 15.3. The SMILES string of the molecule is CCCS(=O)(=O)[C@@H]1C[C@H]([C@@H](O[Si](C)(C)C(C)(C)C)[C@H](Cc2ccccc2)NC(=O)[C@H](CCc2ccccc2)N2CC[C@](NC(C)=O)([C@H](C)CC)C2=O)N(C(=O)OC(C)(C)C)C1. The summed E-state index contributed by atoms with van der Waals surface area (Å²) in [6, 6.07) is 17.1. The molecule has 2 saturated heterocycles. The summed E-state index contributed by atoms with van der Waals surface area (Å²) in [5.41, 5.74) is -0.0840. The fourth-order valence-electron chi connectivity index (χ4n) is 8.52. The van der Waals surface area contributed by atoms with Crippen LogP contribution >= 0.6 is 0 Å². The highest BCUT2D eigenvalue weighted by Gasteiger charge is 2.55. The van der Waals surface area contributed by atoms with Gasteiger partial charge in [0.2, 0.25) is 17.7 Å². The molecular formula is C47H74N4O8SSi. The highest BCUT2D eigenvalue weighted by Crippen LogP contribution is 2.41. The van der Waals surface area contributed by atoms with Crippen molar-refractivity contribution in [3.63, 3.8) is 0 Å². The summed E-state index contributed by atoms with van der Waals surface area (Å²) in [7, 11) is -6.33. The standard InChI is InChI=1S/C47H74N4O8SSi/c1-13-29-60(56,57)37-31-40(51(32-37)44(55)58-45(5,6)7)41(59-61(11,12)46(8,9)10)38(30-36-23-19-16-20-24-36)48-42(53)39(26-25-35-21-17-15-18-22-35)50-28-27-47(43(50)54,33(3)14-2)49-34(4)52/h15-24,33,37-41H,13-14,25-32H2,1-12H3,(H,48,53)(H,49,52)/t33-,37-,38+,39+,40-,41+,47+/m1/s1. The zero-order valence-corrected chi connectivity index (χ0v) is 40.7. The monoisotopic (exact) mass is 882 g/mol. The molecule has 0 saturated carbocycles. The normalized spacial score (nSPS) is 22.1. The van der Waals surface area contributed by atoms with Gasteiger partial charge in [0.05, 0.1) is 29.2 Å². The van der Waals surface area contributed by atoms with Gasteiger partial charge in [-0.1, -0.05) is 109 Å². The van der Waals surface area contributed by atoms with E-state index in [9.17, 15) is 22.8 Å². The van der Waals surface area contributed by atoms with Crippen molar-refractivity contribution in [1.82, 2.24) is 20.4 Å². The molecule has 4 amide bonds. The van der Waals surface area contributed by atoms with E-state index in [2.05, 4.69) is 44.5 Å². The van der Waals surface area contributed by atoms with Crippen LogP contribution in [0.4, 0.5) is 4.79 Å². The number of hydrogen-bond acceptors (Lipinski definition) is 8. The van der Waals surface area contributed by atoms with Crippen LogP contribution in [0.2, 0.25) is 18.1 Å². The molecule has 2 fully saturated rings. The third-order valence-electron chi connectivity index (χ3n) is 13.0. The third-order valence-corrected chi connectivity index (χ3v) is 19.8. The van der Waals surface area contributed by atoms with Crippen molar-refractivity contribution >= 4 is 42.0 Å². The van der Waals surface area contributed by atoms with Crippen molar-refractivity contribution in [2.75, 3.05) is 18.8 Å². The number of benzene rings is 2. The predicted octanol–water partition coefficient (Wildman–Crippen LogP) is 7.46. The van der Waals surface area contributed by atoms with Crippen LogP contribution in [0.15, 0.2) is 60.7 Å². The van der Waals surface area contributed by atoms with E-state index in [0.29, 0.717) is 38.5 Å². The summed E-state index contributed by atoms with van der Waals surface area (Å²) >= 11 is 0. The van der Waals surface area contributed by atoms with Crippen LogP contribution in [-0.2, 0) is 46.2 Å². The molecule has 2 aliphatic rings. The molecule has 2 aliphatic heterocycles. The fourth-order valence-corrected chi connectivity index (χ4v) is 11.7. The molecule has 4 rings (SSSR count). The largest absolute Gasteiger partial charge is 0.444 e. The number of aryl methyl sites for hydroxylation is 1. The van der Waals surface area contributed by atoms with E-state index in [-0.39, 0.29) is 53.9 Å². The predicted molar refractivity (Wildman–Crippen MR) is 244 cm³/mol. The molecular weight excluding hydrogens is 809 g/mol. The minimum absolute atomic E-state index is 0.0198. The number of likely N-dealkylation sites (tertiary alicyclic amines) is 2. The van der Waals surface area contributed by atoms with Crippen LogP contribution in [-0.4, -0.2) is 110 Å². The van der Waals surface area contributed by atoms with Crippen LogP contribution in [0.1, 0.15) is 112 Å². The Morgan fingerprint density at radius 2 is 1.54 bits per heavy atom. The number of carbonyl (C=O) groups is 4. The van der Waals surface area contributed by atoms with E-state index in [0.717, 1.165) is 11.1 Å². The van der Waals surface area contributed by atoms with Crippen molar-refractivity contribution in [2.24, 2.45) is 5.92 Å². The first-order valence-corrected chi connectivity index (χ1v) is 26.8. The molecule has 0 unspecified atom stereocenters. The van der Waals surface area contributed by atoms with Gasteiger partial charge in [0, 0.05) is 20.0 Å². The van der Waals surface area contributed by atoms with Crippen LogP contribution in [0.25, 0.3) is 0 Å². The Kier molecular flexibility index (Phi) is 16.5. The Labute approximate surface area is 367 Å². The highest BCUT2D eigenvalue weighted by atomic mass is 32.2. The zero-order valence-electron chi connectivity index (χ0n) is 38.9. The van der Waals surface area contributed by atoms with E-state index in [1.165, 1.54) is 11.8 Å². The second-order valence-corrected chi connectivity index (χ2v) is 27.0. The first kappa shape index (κ1) is 49.9. The number of ether oxygens (including phenoxy) is 1. The number of sulfone groups is 1. The minimum atomic E-state index is -3.61. The summed E-state index contributed by atoms with van der Waals surface area (Å²) in [6.45, 7) is 23.3. The van der Waals surface area contributed by atoms with Gasteiger partial charge in [0.1, 0.15) is 17.2 Å². The lowest BCUT2D eigenvalue weighted by molar-refractivity contribution is -0.144. The average molecular weight is 883 g/mol. The zero-order chi connectivity index (χ0) is 45.6. The van der Waals surface area contributed by atoms with Crippen molar-refractivity contribution in [1.29, 1.82) is 0 Å². The molecule has 0 aromatic heterocycles. The molecule has 2 aromatic carbocycles. The molecule has 0 bridgehead atoms. The molecule has 2 heterocycles. The summed E-state index contributed by atoms with van der Waals surface area (Å²) in [5, 5.41) is 5.25. The fraction of sp³-hybridized carbons (Fsp3) is 0.660. The van der Waals surface area contributed by atoms with E-state index in [4.69, 9.17) is 9.16 Å². The Hall–Kier alpha value is -3.75. The number of carbonyl (C=O) groups excluding carboxylic acids is 4. The number of hydrogen-bond donors (Lipinski definition) is 2. The summed E-state index contributed by atoms with van der Waals surface area (Å²) in [6.07, 6.45) is 1.19. The number of rotatable bonds is 18. The highest BCUT2D eigenvalue weighted by molar-refractivity contribution is 7.92. The third kappa shape index (κ3) is 12.5. The number of nitrogens with zero attached hydrogens (tertiary/aromatic N) is 2. The molecule has 2 N–H and O–H groups in total. The smallest absolute Gasteiger partial charge is 0.410 e. The second kappa shape index (κ2) is 20.2. The van der Waals surface area contributed by atoms with E-state index in [1.807, 2.05) is 81.4 Å². The molecule has 61 heavy (non-hydrogen) atoms. The maximum atomic E-state index is 15.3. The van der Waals surface area contributed by atoms with Gasteiger partial charge in [-0.3, -0.25) is 14.4 Å². The Balaban J connectivity index is 1.89. The van der Waals surface area contributed by atoms with E-state index >= 15 is 4.79 Å². The topological polar surface area (TPSA) is 151 Å². The van der Waals surface area contributed by atoms with Gasteiger partial charge in [-0.15, -0.1) is 0 Å². The van der Waals surface area contributed by atoms with Crippen LogP contribution < -0.4 is 10.6 Å². The minimum Gasteiger partial charge on any atom is -0.444 e. The van der Waals surface area contributed by atoms with Gasteiger partial charge in [-0.2, -0.15) is 0 Å². The van der Waals surface area contributed by atoms with Crippen LogP contribution in [0.5, 0.6) is 0 Å². The summed E-state index contributed by atoms with van der Waals surface area (Å²) in [4.78, 5) is 60.1. The average Bonchev–Trinajstić information content (AvgIpc) is 3.76. The summed E-state index contributed by atoms with van der Waals surface area (Å²) in [5.74, 6) is -1.17. The molecule has 0 aliphatic carbocycles. The molecule has 0 spiro atoms. The van der Waals surface area contributed by atoms with Gasteiger partial charge >= 0.3 is 6.09 Å². The number of nitrogens with one attached hydrogen (secondary N) is 2. The first-order valence-electron chi connectivity index (χ1n) is 22.2. The van der Waals surface area contributed by atoms with Crippen LogP contribution in [0, 0.1) is 5.92 Å². The van der Waals surface area contributed by atoms with Crippen molar-refractivity contribution in [3.05, 3.63) is 71.8 Å². The van der Waals surface area contributed by atoms with E-state index in [1.54, 1.807) is 25.7 Å². The van der Waals surface area contributed by atoms with Crippen molar-refractivity contribution in [2.45, 2.75) is 173 Å². The lowest BCUT2D eigenvalue weighted by atomic mass is 9.81. The van der Waals surface area contributed by atoms with Gasteiger partial charge in [-0.25, -0.2) is 13.2 Å². The maximum Gasteiger partial charge on any atom is 0.410 e. The number of amides is 4.